The fraction of sp³-hybridized carbons (Fsp3) is 0.417. The number of non-ortho nitro benzene ring substituents is 1. The third-order valence-corrected chi connectivity index (χ3v) is 4.68. The van der Waals surface area contributed by atoms with Crippen LogP contribution in [0.2, 0.25) is 0 Å². The zero-order chi connectivity index (χ0) is 16.4. The summed E-state index contributed by atoms with van der Waals surface area (Å²) in [6.07, 6.45) is 0.390. The number of rotatable bonds is 4. The quantitative estimate of drug-likeness (QED) is 0.291. The van der Waals surface area contributed by atoms with Crippen molar-refractivity contribution in [3.05, 3.63) is 33.9 Å². The van der Waals surface area contributed by atoms with Crippen LogP contribution in [0, 0.1) is 16.0 Å². The predicted octanol–water partition coefficient (Wildman–Crippen LogP) is 1.87. The zero-order valence-electron chi connectivity index (χ0n) is 11.5. The number of esters is 1. The van der Waals surface area contributed by atoms with Crippen molar-refractivity contribution in [3.63, 3.8) is 0 Å². The number of benzene rings is 1. The second-order valence-electron chi connectivity index (χ2n) is 4.71. The predicted molar refractivity (Wildman–Crippen MR) is 77.6 cm³/mol. The maximum absolute atomic E-state index is 11.9. The van der Waals surface area contributed by atoms with Gasteiger partial charge < -0.3 is 9.29 Å². The number of carbonyl (C=O) groups excluding carboxylic acids is 1. The summed E-state index contributed by atoms with van der Waals surface area (Å²) in [5, 5.41) is 10.9. The number of ether oxygens (including phenoxy) is 1. The van der Waals surface area contributed by atoms with Crippen LogP contribution in [-0.2, 0) is 20.6 Å². The maximum Gasteiger partial charge on any atom is 0.310 e. The van der Waals surface area contributed by atoms with E-state index in [-0.39, 0.29) is 16.1 Å². The molecule has 1 aromatic rings. The number of hydrogen-bond donors (Lipinski definition) is 1. The van der Waals surface area contributed by atoms with E-state index < -0.39 is 33.9 Å². The molecule has 0 radical (unpaired) electrons. The van der Waals surface area contributed by atoms with E-state index in [2.05, 4.69) is 0 Å². The topological polar surface area (TPSA) is 110 Å². The van der Waals surface area contributed by atoms with Gasteiger partial charge in [-0.15, -0.1) is 0 Å². The number of nitro groups is 1. The van der Waals surface area contributed by atoms with E-state index in [1.165, 1.54) is 23.7 Å². The Morgan fingerprint density at radius 2 is 2.27 bits per heavy atom. The molecule has 2 rings (SSSR count). The van der Waals surface area contributed by atoms with Crippen LogP contribution in [-0.4, -0.2) is 37.7 Å². The number of hydrogen-bond acceptors (Lipinski definition) is 6. The highest BCUT2D eigenvalue weighted by Gasteiger charge is 2.42. The van der Waals surface area contributed by atoms with Crippen LogP contribution in [0.25, 0.3) is 0 Å². The number of nitrogens with zero attached hydrogens (tertiary/aromatic N) is 2. The Bertz CT molecular complexity index is 640. The van der Waals surface area contributed by atoms with E-state index >= 15 is 0 Å². The Morgan fingerprint density at radius 1 is 1.59 bits per heavy atom. The Morgan fingerprint density at radius 3 is 2.82 bits per heavy atom. The average Bonchev–Trinajstić information content (AvgIpc) is 2.87. The van der Waals surface area contributed by atoms with Crippen LogP contribution < -0.4 is 0 Å². The molecule has 1 aliphatic rings. The third kappa shape index (κ3) is 3.12. The molecule has 0 saturated carbocycles. The normalized spacial score (nSPS) is 23.2. The number of carbonyl (C=O) groups is 1. The van der Waals surface area contributed by atoms with Gasteiger partial charge in [-0.1, -0.05) is 0 Å². The van der Waals surface area contributed by atoms with E-state index in [0.717, 1.165) is 6.07 Å². The van der Waals surface area contributed by atoms with Crippen LogP contribution in [0.15, 0.2) is 23.1 Å². The first-order valence-electron chi connectivity index (χ1n) is 6.26. The summed E-state index contributed by atoms with van der Waals surface area (Å²) in [6.45, 7) is 0.353. The van der Waals surface area contributed by atoms with E-state index in [9.17, 15) is 23.7 Å². The lowest BCUT2D eigenvalue weighted by Crippen LogP contribution is -2.25. The van der Waals surface area contributed by atoms with Crippen LogP contribution in [0.4, 0.5) is 5.69 Å². The van der Waals surface area contributed by atoms with Gasteiger partial charge in [0, 0.05) is 18.7 Å². The van der Waals surface area contributed by atoms with E-state index in [1.807, 2.05) is 0 Å². The molecule has 0 spiro atoms. The fourth-order valence-corrected chi connectivity index (χ4v) is 3.46. The van der Waals surface area contributed by atoms with E-state index in [1.54, 1.807) is 0 Å². The Labute approximate surface area is 133 Å². The molecule has 1 saturated heterocycles. The molecule has 1 heterocycles. The van der Waals surface area contributed by atoms with Gasteiger partial charge in [0.1, 0.15) is 0 Å². The molecule has 0 aliphatic carbocycles. The summed E-state index contributed by atoms with van der Waals surface area (Å²) in [4.78, 5) is 22.2. The van der Waals surface area contributed by atoms with Crippen molar-refractivity contribution in [2.75, 3.05) is 13.7 Å². The van der Waals surface area contributed by atoms with Crippen molar-refractivity contribution in [2.45, 2.75) is 17.4 Å². The van der Waals surface area contributed by atoms with Gasteiger partial charge in [0.2, 0.25) is 0 Å². The monoisotopic (exact) mass is 348 g/mol. The summed E-state index contributed by atoms with van der Waals surface area (Å²) in [5.74, 6) is -1.18. The molecule has 0 amide bonds. The fourth-order valence-electron chi connectivity index (χ4n) is 2.56. The second-order valence-corrected chi connectivity index (χ2v) is 6.09. The largest absolute Gasteiger partial charge is 0.469 e. The molecule has 10 heteroatoms. The van der Waals surface area contributed by atoms with Crippen molar-refractivity contribution >= 4 is 34.5 Å². The van der Waals surface area contributed by atoms with Gasteiger partial charge in [-0.05, 0) is 29.8 Å². The molecular weight excluding hydrogens is 336 g/mol. The molecule has 3 unspecified atom stereocenters. The molecule has 0 bridgehead atoms. The third-order valence-electron chi connectivity index (χ3n) is 3.55. The first kappa shape index (κ1) is 16.8. The lowest BCUT2D eigenvalue weighted by Gasteiger charge is -2.23. The summed E-state index contributed by atoms with van der Waals surface area (Å²) < 4.78 is 26.9. The van der Waals surface area contributed by atoms with Crippen molar-refractivity contribution in [3.8, 4) is 0 Å². The van der Waals surface area contributed by atoms with E-state index in [4.69, 9.17) is 16.5 Å². The van der Waals surface area contributed by atoms with Gasteiger partial charge in [-0.2, -0.15) is 0 Å². The molecular formula is C12H13ClN2O6S. The van der Waals surface area contributed by atoms with Crippen molar-refractivity contribution in [2.24, 2.45) is 5.92 Å². The first-order valence-corrected chi connectivity index (χ1v) is 7.70. The average molecular weight is 349 g/mol. The van der Waals surface area contributed by atoms with Crippen LogP contribution in [0.5, 0.6) is 0 Å². The number of halogens is 1. The van der Waals surface area contributed by atoms with Crippen molar-refractivity contribution in [1.82, 2.24) is 4.42 Å². The first-order chi connectivity index (χ1) is 10.4. The molecule has 3 atom stereocenters. The molecule has 22 heavy (non-hydrogen) atoms. The minimum Gasteiger partial charge on any atom is -0.469 e. The SMILES string of the molecule is COC(=O)C1CCN(Cl)C1c1cc([N+](=O)[O-])ccc1S(=O)O. The van der Waals surface area contributed by atoms with Gasteiger partial charge in [0.05, 0.1) is 28.9 Å². The van der Waals surface area contributed by atoms with Crippen LogP contribution in [0.1, 0.15) is 18.0 Å². The minimum absolute atomic E-state index is 0.0166. The Balaban J connectivity index is 2.56. The van der Waals surface area contributed by atoms with Gasteiger partial charge in [0.15, 0.2) is 11.1 Å². The zero-order valence-corrected chi connectivity index (χ0v) is 13.0. The molecule has 1 N–H and O–H groups in total. The Kier molecular flexibility index (Phi) is 5.12. The van der Waals surface area contributed by atoms with Gasteiger partial charge in [-0.3, -0.25) is 14.9 Å². The summed E-state index contributed by atoms with van der Waals surface area (Å²) in [7, 11) is 1.23. The minimum atomic E-state index is -2.36. The van der Waals surface area contributed by atoms with Crippen LogP contribution >= 0.6 is 11.8 Å². The highest BCUT2D eigenvalue weighted by molar-refractivity contribution is 7.79. The summed E-state index contributed by atoms with van der Waals surface area (Å²) in [6, 6.07) is 2.74. The smallest absolute Gasteiger partial charge is 0.310 e. The van der Waals surface area contributed by atoms with Gasteiger partial charge >= 0.3 is 5.97 Å². The molecule has 1 aromatic carbocycles. The molecule has 120 valence electrons. The lowest BCUT2D eigenvalue weighted by molar-refractivity contribution is -0.385. The second kappa shape index (κ2) is 6.69. The van der Waals surface area contributed by atoms with Gasteiger partial charge in [0.25, 0.3) is 5.69 Å². The number of nitro benzene ring substituents is 1. The highest BCUT2D eigenvalue weighted by Crippen LogP contribution is 2.42. The standard InChI is InChI=1S/C12H13ClN2O6S/c1-21-12(16)8-4-5-14(13)11(8)9-6-7(15(17)18)2-3-10(9)22(19)20/h2-3,6,8,11H,4-5H2,1H3,(H,19,20). The molecule has 8 nitrogen and oxygen atoms in total. The van der Waals surface area contributed by atoms with Crippen molar-refractivity contribution in [1.29, 1.82) is 0 Å². The summed E-state index contributed by atoms with van der Waals surface area (Å²) >= 11 is 3.73. The Hall–Kier alpha value is -1.55. The molecule has 1 aliphatic heterocycles. The summed E-state index contributed by atoms with van der Waals surface area (Å²) in [5.41, 5.74) is -0.0669. The van der Waals surface area contributed by atoms with Gasteiger partial charge in [-0.25, -0.2) is 8.63 Å². The lowest BCUT2D eigenvalue weighted by atomic mass is 9.94. The molecule has 1 fully saturated rings. The molecule has 0 aromatic heterocycles. The maximum atomic E-state index is 11.9. The van der Waals surface area contributed by atoms with Crippen molar-refractivity contribution < 1.29 is 23.2 Å². The van der Waals surface area contributed by atoms with E-state index in [0.29, 0.717) is 13.0 Å². The number of methoxy groups -OCH3 is 1. The van der Waals surface area contributed by atoms with Crippen LogP contribution in [0.3, 0.4) is 0 Å². The highest BCUT2D eigenvalue weighted by atomic mass is 35.5.